The molecule has 1 aliphatic rings. The Hall–Kier alpha value is -3.12. The molecule has 1 atom stereocenters. The lowest BCUT2D eigenvalue weighted by Gasteiger charge is -2.28. The van der Waals surface area contributed by atoms with E-state index in [1.165, 1.54) is 12.8 Å². The summed E-state index contributed by atoms with van der Waals surface area (Å²) < 4.78 is 7.24. The molecule has 1 N–H and O–H groups in total. The van der Waals surface area contributed by atoms with E-state index in [0.29, 0.717) is 12.1 Å². The number of methoxy groups -OCH3 is 1. The second-order valence-electron chi connectivity index (χ2n) is 8.14. The second kappa shape index (κ2) is 9.35. The van der Waals surface area contributed by atoms with E-state index < -0.39 is 0 Å². The van der Waals surface area contributed by atoms with Crippen molar-refractivity contribution in [1.29, 1.82) is 0 Å². The van der Waals surface area contributed by atoms with Crippen LogP contribution >= 0.6 is 0 Å². The fourth-order valence-electron chi connectivity index (χ4n) is 4.30. The molecule has 0 unspecified atom stereocenters. The standard InChI is InChI=1S/C25H30N4O2/c1-18-8-6-10-21(14-18)29-19(2)23(16-27-29)25(30)26-17-24(28-12-4-5-13-28)20-9-7-11-22(15-20)31-3/h6-11,14-16,24H,4-5,12-13,17H2,1-3H3,(H,26,30)/t24-/m0/s1. The number of nitrogens with one attached hydrogen (secondary N) is 1. The first-order chi connectivity index (χ1) is 15.1. The number of ether oxygens (including phenoxy) is 1. The van der Waals surface area contributed by atoms with Crippen LogP contribution in [0.15, 0.2) is 54.7 Å². The van der Waals surface area contributed by atoms with E-state index in [0.717, 1.165) is 41.3 Å². The van der Waals surface area contributed by atoms with Crippen LogP contribution in [0.3, 0.4) is 0 Å². The number of carbonyl (C=O) groups excluding carboxylic acids is 1. The van der Waals surface area contributed by atoms with Gasteiger partial charge in [-0.25, -0.2) is 4.68 Å². The van der Waals surface area contributed by atoms with Crippen molar-refractivity contribution in [3.63, 3.8) is 0 Å². The summed E-state index contributed by atoms with van der Waals surface area (Å²) >= 11 is 0. The summed E-state index contributed by atoms with van der Waals surface area (Å²) in [5.74, 6) is 0.742. The lowest BCUT2D eigenvalue weighted by molar-refractivity contribution is 0.0937. The summed E-state index contributed by atoms with van der Waals surface area (Å²) in [7, 11) is 1.68. The van der Waals surface area contributed by atoms with E-state index in [2.05, 4.69) is 33.5 Å². The van der Waals surface area contributed by atoms with Gasteiger partial charge in [0.15, 0.2) is 0 Å². The Balaban J connectivity index is 1.52. The molecular weight excluding hydrogens is 388 g/mol. The van der Waals surface area contributed by atoms with E-state index in [-0.39, 0.29) is 11.9 Å². The molecule has 2 heterocycles. The Morgan fingerprint density at radius 1 is 1.13 bits per heavy atom. The van der Waals surface area contributed by atoms with Crippen LogP contribution in [0.5, 0.6) is 5.75 Å². The van der Waals surface area contributed by atoms with Crippen molar-refractivity contribution in [2.45, 2.75) is 32.7 Å². The van der Waals surface area contributed by atoms with Gasteiger partial charge in [0.05, 0.1) is 36.3 Å². The number of aryl methyl sites for hydroxylation is 1. The molecule has 4 rings (SSSR count). The predicted molar refractivity (Wildman–Crippen MR) is 122 cm³/mol. The van der Waals surface area contributed by atoms with E-state index in [1.807, 2.05) is 48.9 Å². The van der Waals surface area contributed by atoms with Crippen LogP contribution < -0.4 is 10.1 Å². The zero-order valence-corrected chi connectivity index (χ0v) is 18.5. The summed E-state index contributed by atoms with van der Waals surface area (Å²) in [6, 6.07) is 16.4. The van der Waals surface area contributed by atoms with E-state index in [9.17, 15) is 4.79 Å². The van der Waals surface area contributed by atoms with Crippen LogP contribution in [0.4, 0.5) is 0 Å². The smallest absolute Gasteiger partial charge is 0.254 e. The molecule has 0 spiro atoms. The molecule has 1 aliphatic heterocycles. The number of likely N-dealkylation sites (tertiary alicyclic amines) is 1. The molecule has 0 radical (unpaired) electrons. The van der Waals surface area contributed by atoms with Crippen LogP contribution in [0.2, 0.25) is 0 Å². The van der Waals surface area contributed by atoms with E-state index >= 15 is 0 Å². The van der Waals surface area contributed by atoms with Gasteiger partial charge in [0.25, 0.3) is 5.91 Å². The first-order valence-corrected chi connectivity index (χ1v) is 10.8. The minimum Gasteiger partial charge on any atom is -0.497 e. The fourth-order valence-corrected chi connectivity index (χ4v) is 4.30. The minimum absolute atomic E-state index is 0.0940. The van der Waals surface area contributed by atoms with Crippen molar-refractivity contribution in [2.24, 2.45) is 0 Å². The Bertz CT molecular complexity index is 1050. The van der Waals surface area contributed by atoms with Gasteiger partial charge < -0.3 is 10.1 Å². The van der Waals surface area contributed by atoms with Gasteiger partial charge >= 0.3 is 0 Å². The van der Waals surface area contributed by atoms with Crippen LogP contribution in [0.25, 0.3) is 5.69 Å². The highest BCUT2D eigenvalue weighted by Crippen LogP contribution is 2.27. The molecule has 0 bridgehead atoms. The van der Waals surface area contributed by atoms with Gasteiger partial charge in [-0.1, -0.05) is 24.3 Å². The first kappa shape index (κ1) is 21.1. The fraction of sp³-hybridized carbons (Fsp3) is 0.360. The summed E-state index contributed by atoms with van der Waals surface area (Å²) in [4.78, 5) is 15.5. The molecule has 3 aromatic rings. The maximum atomic E-state index is 13.0. The van der Waals surface area contributed by atoms with Gasteiger partial charge in [0, 0.05) is 6.54 Å². The second-order valence-corrected chi connectivity index (χ2v) is 8.14. The third-order valence-electron chi connectivity index (χ3n) is 6.02. The van der Waals surface area contributed by atoms with Crippen LogP contribution in [-0.2, 0) is 0 Å². The van der Waals surface area contributed by atoms with E-state index in [1.54, 1.807) is 13.3 Å². The first-order valence-electron chi connectivity index (χ1n) is 10.8. The van der Waals surface area contributed by atoms with Crippen LogP contribution in [0, 0.1) is 13.8 Å². The maximum Gasteiger partial charge on any atom is 0.254 e. The Morgan fingerprint density at radius 3 is 2.65 bits per heavy atom. The van der Waals surface area contributed by atoms with Crippen molar-refractivity contribution in [3.05, 3.63) is 77.1 Å². The van der Waals surface area contributed by atoms with Crippen molar-refractivity contribution in [3.8, 4) is 11.4 Å². The molecule has 2 aromatic carbocycles. The summed E-state index contributed by atoms with van der Waals surface area (Å²) in [5, 5.41) is 7.62. The molecule has 31 heavy (non-hydrogen) atoms. The van der Waals surface area contributed by atoms with Gasteiger partial charge in [-0.3, -0.25) is 9.69 Å². The number of rotatable bonds is 7. The lowest BCUT2D eigenvalue weighted by atomic mass is 10.0. The molecule has 1 fully saturated rings. The monoisotopic (exact) mass is 418 g/mol. The van der Waals surface area contributed by atoms with Crippen molar-refractivity contribution < 1.29 is 9.53 Å². The quantitative estimate of drug-likeness (QED) is 0.629. The maximum absolute atomic E-state index is 13.0. The topological polar surface area (TPSA) is 59.4 Å². The molecule has 1 amide bonds. The van der Waals surface area contributed by atoms with Crippen molar-refractivity contribution in [2.75, 3.05) is 26.7 Å². The van der Waals surface area contributed by atoms with Crippen LogP contribution in [-0.4, -0.2) is 47.3 Å². The normalized spacial score (nSPS) is 15.1. The highest BCUT2D eigenvalue weighted by molar-refractivity contribution is 5.95. The van der Waals surface area contributed by atoms with Gasteiger partial charge in [-0.05, 0) is 75.2 Å². The van der Waals surface area contributed by atoms with Gasteiger partial charge in [-0.15, -0.1) is 0 Å². The third kappa shape index (κ3) is 4.64. The molecule has 1 saturated heterocycles. The summed E-state index contributed by atoms with van der Waals surface area (Å²) in [6.07, 6.45) is 4.04. The molecule has 162 valence electrons. The number of aromatic nitrogens is 2. The zero-order valence-electron chi connectivity index (χ0n) is 18.5. The molecule has 1 aromatic heterocycles. The van der Waals surface area contributed by atoms with Crippen LogP contribution in [0.1, 0.15) is 46.1 Å². The van der Waals surface area contributed by atoms with Gasteiger partial charge in [0.1, 0.15) is 5.75 Å². The zero-order chi connectivity index (χ0) is 21.8. The van der Waals surface area contributed by atoms with Gasteiger partial charge in [0.2, 0.25) is 0 Å². The average Bonchev–Trinajstić information content (AvgIpc) is 3.44. The predicted octanol–water partition coefficient (Wildman–Crippen LogP) is 4.06. The largest absolute Gasteiger partial charge is 0.497 e. The number of amides is 1. The average molecular weight is 419 g/mol. The van der Waals surface area contributed by atoms with Crippen molar-refractivity contribution >= 4 is 5.91 Å². The van der Waals surface area contributed by atoms with Gasteiger partial charge in [-0.2, -0.15) is 5.10 Å². The third-order valence-corrected chi connectivity index (χ3v) is 6.02. The number of benzene rings is 2. The number of hydrogen-bond donors (Lipinski definition) is 1. The molecule has 0 aliphatic carbocycles. The lowest BCUT2D eigenvalue weighted by Crippen LogP contribution is -2.37. The minimum atomic E-state index is -0.0940. The molecule has 6 heteroatoms. The highest BCUT2D eigenvalue weighted by atomic mass is 16.5. The highest BCUT2D eigenvalue weighted by Gasteiger charge is 2.25. The number of nitrogens with zero attached hydrogens (tertiary/aromatic N) is 3. The summed E-state index contributed by atoms with van der Waals surface area (Å²) in [6.45, 7) is 6.61. The molecular formula is C25H30N4O2. The molecule has 6 nitrogen and oxygen atoms in total. The number of carbonyl (C=O) groups is 1. The van der Waals surface area contributed by atoms with E-state index in [4.69, 9.17) is 4.74 Å². The Morgan fingerprint density at radius 2 is 1.90 bits per heavy atom. The number of hydrogen-bond acceptors (Lipinski definition) is 4. The Kier molecular flexibility index (Phi) is 6.37. The SMILES string of the molecule is COc1cccc([C@H](CNC(=O)c2cnn(-c3cccc(C)c3)c2C)N2CCCC2)c1. The Labute approximate surface area is 183 Å². The van der Waals surface area contributed by atoms with Crippen molar-refractivity contribution in [1.82, 2.24) is 20.0 Å². The molecule has 0 saturated carbocycles. The summed E-state index contributed by atoms with van der Waals surface area (Å²) in [5.41, 5.74) is 4.72.